The van der Waals surface area contributed by atoms with Crippen LogP contribution in [0.15, 0.2) is 6.20 Å². The molecule has 1 saturated carbocycles. The van der Waals surface area contributed by atoms with Crippen molar-refractivity contribution in [2.24, 2.45) is 5.92 Å². The fourth-order valence-corrected chi connectivity index (χ4v) is 3.07. The zero-order valence-electron chi connectivity index (χ0n) is 12.9. The Morgan fingerprint density at radius 2 is 2.05 bits per heavy atom. The van der Waals surface area contributed by atoms with Gasteiger partial charge in [0.25, 0.3) is 0 Å². The number of anilines is 1. The molecule has 0 amide bonds. The maximum Gasteiger partial charge on any atom is 0.203 e. The molecule has 0 saturated heterocycles. The predicted molar refractivity (Wildman–Crippen MR) is 81.6 cm³/mol. The van der Waals surface area contributed by atoms with Gasteiger partial charge in [0, 0.05) is 18.3 Å². The first kappa shape index (κ1) is 14.4. The molecule has 1 heterocycles. The van der Waals surface area contributed by atoms with Crippen molar-refractivity contribution < 1.29 is 0 Å². The Kier molecular flexibility index (Phi) is 4.89. The van der Waals surface area contributed by atoms with Gasteiger partial charge in [-0.15, -0.1) is 0 Å². The van der Waals surface area contributed by atoms with E-state index in [4.69, 9.17) is 0 Å². The number of hydrogen-bond acceptors (Lipinski definition) is 2. The summed E-state index contributed by atoms with van der Waals surface area (Å²) < 4.78 is 2.35. The van der Waals surface area contributed by atoms with E-state index in [1.54, 1.807) is 0 Å². The molecule has 2 atom stereocenters. The number of nitrogens with zero attached hydrogens (tertiary/aromatic N) is 2. The predicted octanol–water partition coefficient (Wildman–Crippen LogP) is 4.54. The summed E-state index contributed by atoms with van der Waals surface area (Å²) in [4.78, 5) is 4.68. The molecular weight excluding hydrogens is 234 g/mol. The van der Waals surface area contributed by atoms with E-state index in [0.717, 1.165) is 17.6 Å². The van der Waals surface area contributed by atoms with Crippen LogP contribution in [0.1, 0.15) is 71.0 Å². The highest BCUT2D eigenvalue weighted by Crippen LogP contribution is 2.26. The lowest BCUT2D eigenvalue weighted by atomic mass is 10.0. The maximum absolute atomic E-state index is 4.68. The van der Waals surface area contributed by atoms with Crippen LogP contribution in [0.25, 0.3) is 0 Å². The first-order chi connectivity index (χ1) is 9.10. The van der Waals surface area contributed by atoms with Crippen LogP contribution in [0.2, 0.25) is 0 Å². The van der Waals surface area contributed by atoms with Gasteiger partial charge in [0.15, 0.2) is 0 Å². The first-order valence-corrected chi connectivity index (χ1v) is 7.92. The van der Waals surface area contributed by atoms with Crippen molar-refractivity contribution in [3.8, 4) is 0 Å². The summed E-state index contributed by atoms with van der Waals surface area (Å²) in [5.41, 5.74) is 1.12. The largest absolute Gasteiger partial charge is 0.353 e. The van der Waals surface area contributed by atoms with Gasteiger partial charge in [0.2, 0.25) is 5.95 Å². The monoisotopic (exact) mass is 263 g/mol. The molecule has 2 unspecified atom stereocenters. The third kappa shape index (κ3) is 3.74. The van der Waals surface area contributed by atoms with Gasteiger partial charge in [0.1, 0.15) is 0 Å². The lowest BCUT2D eigenvalue weighted by molar-refractivity contribution is 0.400. The molecule has 0 bridgehead atoms. The molecule has 1 aliphatic rings. The van der Waals surface area contributed by atoms with E-state index in [2.05, 4.69) is 48.8 Å². The molecule has 1 aliphatic carbocycles. The summed E-state index contributed by atoms with van der Waals surface area (Å²) in [7, 11) is 0. The highest BCUT2D eigenvalue weighted by atomic mass is 15.2. The minimum Gasteiger partial charge on any atom is -0.353 e. The van der Waals surface area contributed by atoms with Crippen molar-refractivity contribution in [1.82, 2.24) is 9.55 Å². The Hall–Kier alpha value is -0.990. The van der Waals surface area contributed by atoms with Crippen LogP contribution in [-0.4, -0.2) is 15.6 Å². The smallest absolute Gasteiger partial charge is 0.203 e. The Balaban J connectivity index is 2.06. The van der Waals surface area contributed by atoms with E-state index in [9.17, 15) is 0 Å². The maximum atomic E-state index is 4.68. The van der Waals surface area contributed by atoms with Crippen LogP contribution in [0.4, 0.5) is 5.95 Å². The van der Waals surface area contributed by atoms with E-state index in [1.807, 2.05) is 0 Å². The van der Waals surface area contributed by atoms with E-state index in [0.29, 0.717) is 12.1 Å². The molecule has 108 valence electrons. The fraction of sp³-hybridized carbons (Fsp3) is 0.812. The Morgan fingerprint density at radius 3 is 2.68 bits per heavy atom. The second kappa shape index (κ2) is 6.44. The number of nitrogens with one attached hydrogen (secondary N) is 1. The van der Waals surface area contributed by atoms with Gasteiger partial charge in [-0.25, -0.2) is 4.98 Å². The molecule has 2 rings (SSSR count). The fourth-order valence-electron chi connectivity index (χ4n) is 3.07. The van der Waals surface area contributed by atoms with Crippen LogP contribution in [-0.2, 0) is 0 Å². The lowest BCUT2D eigenvalue weighted by Gasteiger charge is -2.21. The summed E-state index contributed by atoms with van der Waals surface area (Å²) in [6, 6.07) is 1.16. The number of hydrogen-bond donors (Lipinski definition) is 1. The van der Waals surface area contributed by atoms with E-state index >= 15 is 0 Å². The SMILES string of the molecule is CCC(C)CC(C)n1cc(C)nc1NC1CCCC1. The standard InChI is InChI=1S/C16H29N3/c1-5-12(2)10-14(4)19-11-13(3)17-16(19)18-15-8-6-7-9-15/h11-12,14-15H,5-10H2,1-4H3,(H,17,18). The molecule has 0 aliphatic heterocycles. The number of imidazole rings is 1. The lowest BCUT2D eigenvalue weighted by Crippen LogP contribution is -2.20. The van der Waals surface area contributed by atoms with Crippen molar-refractivity contribution in [2.75, 3.05) is 5.32 Å². The summed E-state index contributed by atoms with van der Waals surface area (Å²) in [6.07, 6.45) is 10.00. The van der Waals surface area contributed by atoms with Gasteiger partial charge in [-0.2, -0.15) is 0 Å². The van der Waals surface area contributed by atoms with Crippen molar-refractivity contribution in [3.05, 3.63) is 11.9 Å². The molecule has 1 fully saturated rings. The normalized spacial score (nSPS) is 19.6. The summed E-state index contributed by atoms with van der Waals surface area (Å²) in [5, 5.41) is 3.65. The Bertz CT molecular complexity index is 391. The molecule has 1 aromatic rings. The quantitative estimate of drug-likeness (QED) is 0.816. The van der Waals surface area contributed by atoms with Gasteiger partial charge in [-0.05, 0) is 39.0 Å². The third-order valence-corrected chi connectivity index (χ3v) is 4.46. The molecule has 0 spiro atoms. The molecule has 1 aromatic heterocycles. The Morgan fingerprint density at radius 1 is 1.37 bits per heavy atom. The Labute approximate surface area is 117 Å². The van der Waals surface area contributed by atoms with Crippen molar-refractivity contribution in [1.29, 1.82) is 0 Å². The van der Waals surface area contributed by atoms with Gasteiger partial charge in [0.05, 0.1) is 5.69 Å². The van der Waals surface area contributed by atoms with Crippen LogP contribution >= 0.6 is 0 Å². The minimum absolute atomic E-state index is 0.528. The van der Waals surface area contributed by atoms with Crippen LogP contribution in [0.5, 0.6) is 0 Å². The zero-order chi connectivity index (χ0) is 13.8. The average Bonchev–Trinajstić information content (AvgIpc) is 2.99. The molecule has 1 N–H and O–H groups in total. The topological polar surface area (TPSA) is 29.9 Å². The number of aryl methyl sites for hydroxylation is 1. The van der Waals surface area contributed by atoms with Gasteiger partial charge in [-0.3, -0.25) is 0 Å². The average molecular weight is 263 g/mol. The molecular formula is C16H29N3. The first-order valence-electron chi connectivity index (χ1n) is 7.92. The van der Waals surface area contributed by atoms with Crippen LogP contribution < -0.4 is 5.32 Å². The highest BCUT2D eigenvalue weighted by molar-refractivity contribution is 5.31. The zero-order valence-corrected chi connectivity index (χ0v) is 12.9. The van der Waals surface area contributed by atoms with Crippen molar-refractivity contribution in [2.45, 2.75) is 78.3 Å². The van der Waals surface area contributed by atoms with E-state index in [-0.39, 0.29) is 0 Å². The van der Waals surface area contributed by atoms with Gasteiger partial charge in [-0.1, -0.05) is 33.1 Å². The highest BCUT2D eigenvalue weighted by Gasteiger charge is 2.19. The minimum atomic E-state index is 0.528. The summed E-state index contributed by atoms with van der Waals surface area (Å²) in [5.74, 6) is 1.86. The van der Waals surface area contributed by atoms with Gasteiger partial charge < -0.3 is 9.88 Å². The molecule has 19 heavy (non-hydrogen) atoms. The molecule has 3 nitrogen and oxygen atoms in total. The third-order valence-electron chi connectivity index (χ3n) is 4.46. The van der Waals surface area contributed by atoms with Crippen LogP contribution in [0, 0.1) is 12.8 Å². The second-order valence-electron chi connectivity index (χ2n) is 6.34. The van der Waals surface area contributed by atoms with Crippen LogP contribution in [0.3, 0.4) is 0 Å². The molecule has 0 aromatic carbocycles. The van der Waals surface area contributed by atoms with Gasteiger partial charge >= 0.3 is 0 Å². The molecule has 3 heteroatoms. The summed E-state index contributed by atoms with van der Waals surface area (Å²) >= 11 is 0. The molecule has 0 radical (unpaired) electrons. The van der Waals surface area contributed by atoms with Crippen molar-refractivity contribution in [3.63, 3.8) is 0 Å². The van der Waals surface area contributed by atoms with E-state index in [1.165, 1.54) is 38.5 Å². The van der Waals surface area contributed by atoms with Crippen molar-refractivity contribution >= 4 is 5.95 Å². The number of aromatic nitrogens is 2. The summed E-state index contributed by atoms with van der Waals surface area (Å²) in [6.45, 7) is 9.01. The van der Waals surface area contributed by atoms with E-state index < -0.39 is 0 Å². The number of rotatable bonds is 6. The second-order valence-corrected chi connectivity index (χ2v) is 6.34.